The van der Waals surface area contributed by atoms with Crippen molar-refractivity contribution >= 4 is 8.03 Å². The lowest BCUT2D eigenvalue weighted by Crippen LogP contribution is -2.10. The largest absolute Gasteiger partial charge is 0.540 e. The highest BCUT2D eigenvalue weighted by atomic mass is 31.1. The number of aliphatic hydroxyl groups is 1. The van der Waals surface area contributed by atoms with Gasteiger partial charge in [0.2, 0.25) is 0 Å². The van der Waals surface area contributed by atoms with E-state index in [-0.39, 0.29) is 0 Å². The van der Waals surface area contributed by atoms with Crippen LogP contribution in [0.25, 0.3) is 0 Å². The van der Waals surface area contributed by atoms with E-state index >= 15 is 0 Å². The first-order chi connectivity index (χ1) is 5.72. The Balaban J connectivity index is 3.43. The first-order valence-electron chi connectivity index (χ1n) is 4.19. The van der Waals surface area contributed by atoms with Crippen molar-refractivity contribution in [2.45, 2.75) is 32.0 Å². The molecule has 0 aromatic carbocycles. The van der Waals surface area contributed by atoms with Gasteiger partial charge in [0.1, 0.15) is 6.61 Å². The Labute approximate surface area is 74.0 Å². The summed E-state index contributed by atoms with van der Waals surface area (Å²) < 4.78 is 15.9. The van der Waals surface area contributed by atoms with E-state index in [0.717, 1.165) is 12.8 Å². The number of rotatable bonds is 7. The molecule has 2 unspecified atom stereocenters. The summed E-state index contributed by atoms with van der Waals surface area (Å²) in [7, 11) is -1.93. The van der Waals surface area contributed by atoms with Crippen LogP contribution in [-0.2, 0) is 9.09 Å². The highest BCUT2D eigenvalue weighted by Gasteiger charge is 2.28. The summed E-state index contributed by atoms with van der Waals surface area (Å²) in [6.45, 7) is 2.81. The molecular formula is C7H17NO3P+. The van der Waals surface area contributed by atoms with E-state index in [1.165, 1.54) is 0 Å². The third kappa shape index (κ3) is 5.61. The molecule has 3 N–H and O–H groups in total. The standard InChI is InChI=1S/C7H17NO3P/c1-2-3-6-11-12(10)7(9)4-5-8/h7,9H,2-6,8H2,1H3/q+1. The summed E-state index contributed by atoms with van der Waals surface area (Å²) in [5.41, 5.74) is 5.18. The minimum absolute atomic E-state index is 0.333. The quantitative estimate of drug-likeness (QED) is 0.472. The summed E-state index contributed by atoms with van der Waals surface area (Å²) in [4.78, 5) is 0. The summed E-state index contributed by atoms with van der Waals surface area (Å²) in [6.07, 6.45) is 2.20. The number of hydrogen-bond donors (Lipinski definition) is 2. The molecule has 0 aliphatic rings. The van der Waals surface area contributed by atoms with Crippen molar-refractivity contribution in [1.29, 1.82) is 0 Å². The first-order valence-corrected chi connectivity index (χ1v) is 5.44. The fourth-order valence-corrected chi connectivity index (χ4v) is 1.48. The third-order valence-electron chi connectivity index (χ3n) is 1.38. The van der Waals surface area contributed by atoms with Crippen LogP contribution in [0.2, 0.25) is 0 Å². The maximum Gasteiger partial charge on any atom is 0.540 e. The van der Waals surface area contributed by atoms with E-state index in [1.807, 2.05) is 6.92 Å². The van der Waals surface area contributed by atoms with Crippen LogP contribution in [0, 0.1) is 0 Å². The predicted molar refractivity (Wildman–Crippen MR) is 48.1 cm³/mol. The van der Waals surface area contributed by atoms with Gasteiger partial charge in [-0.05, 0) is 17.5 Å². The van der Waals surface area contributed by atoms with Crippen LogP contribution in [0.1, 0.15) is 26.2 Å². The van der Waals surface area contributed by atoms with Gasteiger partial charge in [-0.25, -0.2) is 0 Å². The molecule has 72 valence electrons. The summed E-state index contributed by atoms with van der Waals surface area (Å²) >= 11 is 0. The fraction of sp³-hybridized carbons (Fsp3) is 1.00. The average molecular weight is 194 g/mol. The number of unbranched alkanes of at least 4 members (excludes halogenated alkanes) is 1. The van der Waals surface area contributed by atoms with Gasteiger partial charge in [0, 0.05) is 6.42 Å². The van der Waals surface area contributed by atoms with E-state index in [0.29, 0.717) is 19.6 Å². The minimum Gasteiger partial charge on any atom is -0.349 e. The second-order valence-electron chi connectivity index (χ2n) is 2.53. The zero-order valence-electron chi connectivity index (χ0n) is 7.40. The Morgan fingerprint density at radius 3 is 2.83 bits per heavy atom. The number of hydrogen-bond acceptors (Lipinski definition) is 4. The van der Waals surface area contributed by atoms with E-state index < -0.39 is 13.9 Å². The van der Waals surface area contributed by atoms with Crippen LogP contribution >= 0.6 is 8.03 Å². The zero-order valence-corrected chi connectivity index (χ0v) is 8.30. The van der Waals surface area contributed by atoms with Gasteiger partial charge in [0.25, 0.3) is 5.85 Å². The van der Waals surface area contributed by atoms with E-state index in [2.05, 4.69) is 0 Å². The molecule has 4 nitrogen and oxygen atoms in total. The van der Waals surface area contributed by atoms with Gasteiger partial charge < -0.3 is 10.8 Å². The van der Waals surface area contributed by atoms with Gasteiger partial charge in [0.05, 0.1) is 0 Å². The molecule has 0 amide bonds. The fourth-order valence-electron chi connectivity index (χ4n) is 0.639. The SMILES string of the molecule is CCCCO[P+](=O)C(O)CCN. The van der Waals surface area contributed by atoms with Crippen LogP contribution < -0.4 is 5.73 Å². The molecule has 0 aliphatic heterocycles. The molecule has 0 bridgehead atoms. The summed E-state index contributed by atoms with van der Waals surface area (Å²) in [5, 5.41) is 9.13. The third-order valence-corrected chi connectivity index (χ3v) is 2.57. The molecular weight excluding hydrogens is 177 g/mol. The van der Waals surface area contributed by atoms with E-state index in [1.54, 1.807) is 0 Å². The Hall–Kier alpha value is -0.0200. The molecule has 0 saturated carbocycles. The molecule has 0 saturated heterocycles. The van der Waals surface area contributed by atoms with Gasteiger partial charge >= 0.3 is 8.03 Å². The maximum atomic E-state index is 11.0. The second kappa shape index (κ2) is 7.62. The van der Waals surface area contributed by atoms with Gasteiger partial charge in [-0.1, -0.05) is 13.3 Å². The summed E-state index contributed by atoms with van der Waals surface area (Å²) in [6, 6.07) is 0. The lowest BCUT2D eigenvalue weighted by Gasteiger charge is -1.95. The second-order valence-corrected chi connectivity index (χ2v) is 3.96. The van der Waals surface area contributed by atoms with Crippen molar-refractivity contribution in [2.75, 3.05) is 13.2 Å². The summed E-state index contributed by atoms with van der Waals surface area (Å²) in [5.74, 6) is -0.901. The van der Waals surface area contributed by atoms with Gasteiger partial charge in [-0.3, -0.25) is 0 Å². The Morgan fingerprint density at radius 1 is 1.67 bits per heavy atom. The van der Waals surface area contributed by atoms with E-state index in [4.69, 9.17) is 15.4 Å². The van der Waals surface area contributed by atoms with Crippen LogP contribution in [0.4, 0.5) is 0 Å². The lowest BCUT2D eigenvalue weighted by atomic mass is 10.4. The Bertz CT molecular complexity index is 132. The number of aliphatic hydroxyl groups excluding tert-OH is 1. The molecule has 12 heavy (non-hydrogen) atoms. The van der Waals surface area contributed by atoms with Crippen LogP contribution in [-0.4, -0.2) is 24.1 Å². The van der Waals surface area contributed by atoms with Gasteiger partial charge in [0.15, 0.2) is 0 Å². The smallest absolute Gasteiger partial charge is 0.349 e. The van der Waals surface area contributed by atoms with Gasteiger partial charge in [-0.15, -0.1) is 4.52 Å². The molecule has 0 heterocycles. The monoisotopic (exact) mass is 194 g/mol. The minimum atomic E-state index is -1.93. The van der Waals surface area contributed by atoms with Crippen LogP contribution in [0.15, 0.2) is 0 Å². The van der Waals surface area contributed by atoms with Crippen molar-refractivity contribution in [3.63, 3.8) is 0 Å². The number of nitrogens with two attached hydrogens (primary N) is 1. The highest BCUT2D eigenvalue weighted by Crippen LogP contribution is 2.29. The van der Waals surface area contributed by atoms with Crippen LogP contribution in [0.5, 0.6) is 0 Å². The molecule has 0 radical (unpaired) electrons. The van der Waals surface area contributed by atoms with Crippen LogP contribution in [0.3, 0.4) is 0 Å². The molecule has 0 rings (SSSR count). The van der Waals surface area contributed by atoms with Crippen molar-refractivity contribution in [1.82, 2.24) is 0 Å². The molecule has 0 aromatic heterocycles. The van der Waals surface area contributed by atoms with Crippen molar-refractivity contribution in [2.24, 2.45) is 5.73 Å². The molecule has 2 atom stereocenters. The van der Waals surface area contributed by atoms with Crippen molar-refractivity contribution in [3.8, 4) is 0 Å². The highest BCUT2D eigenvalue weighted by molar-refractivity contribution is 7.39. The van der Waals surface area contributed by atoms with Crippen molar-refractivity contribution in [3.05, 3.63) is 0 Å². The van der Waals surface area contributed by atoms with Crippen molar-refractivity contribution < 1.29 is 14.2 Å². The Kier molecular flexibility index (Phi) is 7.61. The Morgan fingerprint density at radius 2 is 2.33 bits per heavy atom. The van der Waals surface area contributed by atoms with Gasteiger partial charge in [-0.2, -0.15) is 0 Å². The molecule has 0 fully saturated rings. The molecule has 5 heteroatoms. The lowest BCUT2D eigenvalue weighted by molar-refractivity contribution is 0.210. The molecule has 0 aliphatic carbocycles. The average Bonchev–Trinajstić information content (AvgIpc) is 2.05. The first kappa shape index (κ1) is 12.0. The zero-order chi connectivity index (χ0) is 9.40. The predicted octanol–water partition coefficient (Wildman–Crippen LogP) is 1.21. The normalized spacial score (nSPS) is 14.4. The molecule has 0 spiro atoms. The maximum absolute atomic E-state index is 11.0. The van der Waals surface area contributed by atoms with E-state index in [9.17, 15) is 4.57 Å². The molecule has 0 aromatic rings. The topological polar surface area (TPSA) is 72.5 Å².